The molecular formula is C13H9Br2ClFN. The summed E-state index contributed by atoms with van der Waals surface area (Å²) in [5, 5.41) is 3.83. The first-order valence-corrected chi connectivity index (χ1v) is 7.15. The van der Waals surface area contributed by atoms with Gasteiger partial charge in [-0.05, 0) is 67.8 Å². The van der Waals surface area contributed by atoms with Gasteiger partial charge in [0.05, 0.1) is 9.50 Å². The number of hydrogen-bond acceptors (Lipinski definition) is 1. The maximum atomic E-state index is 13.3. The molecule has 1 N–H and O–H groups in total. The van der Waals surface area contributed by atoms with Crippen molar-refractivity contribution >= 4 is 49.1 Å². The van der Waals surface area contributed by atoms with E-state index >= 15 is 0 Å². The van der Waals surface area contributed by atoms with E-state index in [1.807, 2.05) is 24.3 Å². The van der Waals surface area contributed by atoms with Crippen molar-refractivity contribution in [2.45, 2.75) is 6.54 Å². The van der Waals surface area contributed by atoms with Crippen molar-refractivity contribution in [2.75, 3.05) is 5.32 Å². The molecule has 0 saturated carbocycles. The Kier molecular flexibility index (Phi) is 4.65. The minimum Gasteiger partial charge on any atom is -0.381 e. The molecule has 1 nitrogen and oxygen atoms in total. The minimum absolute atomic E-state index is 0.261. The second kappa shape index (κ2) is 6.04. The molecule has 0 saturated heterocycles. The third-order valence-electron chi connectivity index (χ3n) is 2.40. The summed E-state index contributed by atoms with van der Waals surface area (Å²) in [7, 11) is 0. The van der Waals surface area contributed by atoms with E-state index < -0.39 is 0 Å². The van der Waals surface area contributed by atoms with Crippen molar-refractivity contribution in [3.05, 3.63) is 61.7 Å². The summed E-state index contributed by atoms with van der Waals surface area (Å²) in [5.41, 5.74) is 1.77. The first-order chi connectivity index (χ1) is 8.56. The van der Waals surface area contributed by atoms with E-state index in [1.165, 1.54) is 6.07 Å². The van der Waals surface area contributed by atoms with Crippen LogP contribution in [0.25, 0.3) is 0 Å². The third-order valence-corrected chi connectivity index (χ3v) is 4.28. The Labute approximate surface area is 127 Å². The Morgan fingerprint density at radius 2 is 1.78 bits per heavy atom. The fourth-order valence-corrected chi connectivity index (χ4v) is 2.13. The lowest BCUT2D eigenvalue weighted by Crippen LogP contribution is -1.99. The highest BCUT2D eigenvalue weighted by atomic mass is 79.9. The van der Waals surface area contributed by atoms with Crippen molar-refractivity contribution in [1.82, 2.24) is 0 Å². The van der Waals surface area contributed by atoms with Gasteiger partial charge in [0.2, 0.25) is 0 Å². The summed E-state index contributed by atoms with van der Waals surface area (Å²) in [6.45, 7) is 0.544. The molecule has 2 rings (SSSR count). The van der Waals surface area contributed by atoms with Crippen molar-refractivity contribution in [3.8, 4) is 0 Å². The normalized spacial score (nSPS) is 10.4. The molecule has 0 aliphatic rings. The summed E-state index contributed by atoms with van der Waals surface area (Å²) in [4.78, 5) is 0. The average Bonchev–Trinajstić information content (AvgIpc) is 2.35. The lowest BCUT2D eigenvalue weighted by molar-refractivity contribution is 0.619. The topological polar surface area (TPSA) is 12.0 Å². The number of halogens is 4. The van der Waals surface area contributed by atoms with Gasteiger partial charge in [0.15, 0.2) is 0 Å². The van der Waals surface area contributed by atoms with Gasteiger partial charge < -0.3 is 5.32 Å². The van der Waals surface area contributed by atoms with E-state index in [0.29, 0.717) is 16.0 Å². The predicted molar refractivity (Wildman–Crippen MR) is 80.6 cm³/mol. The van der Waals surface area contributed by atoms with Crippen molar-refractivity contribution in [3.63, 3.8) is 0 Å². The molecule has 2 aromatic rings. The molecule has 0 heterocycles. The van der Waals surface area contributed by atoms with E-state index in [2.05, 4.69) is 37.2 Å². The van der Waals surface area contributed by atoms with Gasteiger partial charge in [-0.2, -0.15) is 0 Å². The van der Waals surface area contributed by atoms with E-state index in [1.54, 1.807) is 6.07 Å². The predicted octanol–water partition coefficient (Wildman–Crippen LogP) is 5.62. The number of anilines is 1. The zero-order chi connectivity index (χ0) is 13.1. The summed E-state index contributed by atoms with van der Waals surface area (Å²) in [6, 6.07) is 10.7. The van der Waals surface area contributed by atoms with Gasteiger partial charge in [0, 0.05) is 16.7 Å². The minimum atomic E-state index is -0.261. The number of benzene rings is 2. The molecule has 0 bridgehead atoms. The van der Waals surface area contributed by atoms with Gasteiger partial charge in [-0.3, -0.25) is 0 Å². The van der Waals surface area contributed by atoms with E-state index in [0.717, 1.165) is 15.7 Å². The fraction of sp³-hybridized carbons (Fsp3) is 0.0769. The Morgan fingerprint density at radius 3 is 2.44 bits per heavy atom. The van der Waals surface area contributed by atoms with Crippen LogP contribution in [-0.4, -0.2) is 0 Å². The molecule has 0 atom stereocenters. The molecule has 0 aliphatic heterocycles. The average molecular weight is 393 g/mol. The monoisotopic (exact) mass is 391 g/mol. The quantitative estimate of drug-likeness (QED) is 0.714. The van der Waals surface area contributed by atoms with Gasteiger partial charge in [-0.1, -0.05) is 17.7 Å². The number of nitrogens with one attached hydrogen (secondary N) is 1. The van der Waals surface area contributed by atoms with Crippen LogP contribution in [0, 0.1) is 5.82 Å². The van der Waals surface area contributed by atoms with Gasteiger partial charge in [-0.15, -0.1) is 0 Å². The van der Waals surface area contributed by atoms with Gasteiger partial charge >= 0.3 is 0 Å². The Morgan fingerprint density at radius 1 is 1.06 bits per heavy atom. The number of rotatable bonds is 3. The zero-order valence-corrected chi connectivity index (χ0v) is 13.1. The maximum Gasteiger partial charge on any atom is 0.137 e. The zero-order valence-electron chi connectivity index (χ0n) is 9.18. The van der Waals surface area contributed by atoms with Crippen molar-refractivity contribution < 1.29 is 4.39 Å². The SMILES string of the molecule is Fc1cc(CNc2ccc(Br)c(Cl)c2)ccc1Br. The Hall–Kier alpha value is -0.580. The van der Waals surface area contributed by atoms with Gasteiger partial charge in [0.25, 0.3) is 0 Å². The van der Waals surface area contributed by atoms with Gasteiger partial charge in [0.1, 0.15) is 5.82 Å². The van der Waals surface area contributed by atoms with E-state index in [9.17, 15) is 4.39 Å². The highest BCUT2D eigenvalue weighted by Crippen LogP contribution is 2.26. The van der Waals surface area contributed by atoms with Crippen LogP contribution in [0.15, 0.2) is 45.3 Å². The van der Waals surface area contributed by atoms with Gasteiger partial charge in [-0.25, -0.2) is 4.39 Å². The van der Waals surface area contributed by atoms with Crippen molar-refractivity contribution in [1.29, 1.82) is 0 Å². The van der Waals surface area contributed by atoms with Crippen LogP contribution in [0.5, 0.6) is 0 Å². The standard InChI is InChI=1S/C13H9Br2ClFN/c14-10-4-2-9(6-12(10)16)18-7-8-1-3-11(15)13(17)5-8/h1-6,18H,7H2. The summed E-state index contributed by atoms with van der Waals surface area (Å²) < 4.78 is 14.6. The van der Waals surface area contributed by atoms with Crippen LogP contribution in [0.3, 0.4) is 0 Å². The van der Waals surface area contributed by atoms with E-state index in [-0.39, 0.29) is 5.82 Å². The van der Waals surface area contributed by atoms with Crippen LogP contribution in [0.4, 0.5) is 10.1 Å². The van der Waals surface area contributed by atoms with Crippen LogP contribution < -0.4 is 5.32 Å². The molecule has 0 amide bonds. The lowest BCUT2D eigenvalue weighted by atomic mass is 10.2. The molecule has 0 unspecified atom stereocenters. The van der Waals surface area contributed by atoms with E-state index in [4.69, 9.17) is 11.6 Å². The summed E-state index contributed by atoms with van der Waals surface area (Å²) >= 11 is 12.4. The third kappa shape index (κ3) is 3.46. The number of hydrogen-bond donors (Lipinski definition) is 1. The second-order valence-corrected chi connectivity index (χ2v) is 5.85. The first kappa shape index (κ1) is 13.8. The maximum absolute atomic E-state index is 13.3. The molecule has 0 radical (unpaired) electrons. The lowest BCUT2D eigenvalue weighted by Gasteiger charge is -2.08. The Bertz CT molecular complexity index is 523. The van der Waals surface area contributed by atoms with Crippen LogP contribution in [0.2, 0.25) is 5.02 Å². The molecule has 0 aromatic heterocycles. The molecule has 0 fully saturated rings. The summed E-state index contributed by atoms with van der Waals surface area (Å²) in [6.07, 6.45) is 0. The Balaban J connectivity index is 2.06. The van der Waals surface area contributed by atoms with Crippen LogP contribution >= 0.6 is 43.5 Å². The van der Waals surface area contributed by atoms with Crippen LogP contribution in [0.1, 0.15) is 5.56 Å². The highest BCUT2D eigenvalue weighted by Gasteiger charge is 2.02. The molecule has 5 heteroatoms. The van der Waals surface area contributed by atoms with Crippen molar-refractivity contribution in [2.24, 2.45) is 0 Å². The molecule has 0 spiro atoms. The smallest absolute Gasteiger partial charge is 0.137 e. The fourth-order valence-electron chi connectivity index (χ4n) is 1.46. The first-order valence-electron chi connectivity index (χ1n) is 5.19. The summed E-state index contributed by atoms with van der Waals surface area (Å²) in [5.74, 6) is -0.261. The molecular weight excluding hydrogens is 384 g/mol. The largest absolute Gasteiger partial charge is 0.381 e. The van der Waals surface area contributed by atoms with Crippen LogP contribution in [-0.2, 0) is 6.54 Å². The second-order valence-electron chi connectivity index (χ2n) is 3.73. The molecule has 0 aliphatic carbocycles. The highest BCUT2D eigenvalue weighted by molar-refractivity contribution is 9.10. The molecule has 94 valence electrons. The molecule has 2 aromatic carbocycles. The molecule has 18 heavy (non-hydrogen) atoms.